The van der Waals surface area contributed by atoms with Gasteiger partial charge in [-0.25, -0.2) is 12.8 Å². The lowest BCUT2D eigenvalue weighted by molar-refractivity contribution is -0.120. The molecule has 3 atom stereocenters. The SMILES string of the molecule is O=C(CN(c1ccccc1)S(=O)(=O)c1ccc(F)cc1)N[C@@H]1C[C@H]2CC[C@H]1C2. The lowest BCUT2D eigenvalue weighted by Crippen LogP contribution is -2.45. The summed E-state index contributed by atoms with van der Waals surface area (Å²) in [6, 6.07) is 13.3. The predicted octanol–water partition coefficient (Wildman–Crippen LogP) is 3.33. The molecule has 0 saturated heterocycles. The van der Waals surface area contributed by atoms with E-state index in [9.17, 15) is 17.6 Å². The quantitative estimate of drug-likeness (QED) is 0.806. The second kappa shape index (κ2) is 7.54. The van der Waals surface area contributed by atoms with Gasteiger partial charge in [0.25, 0.3) is 10.0 Å². The summed E-state index contributed by atoms with van der Waals surface area (Å²) in [5.41, 5.74) is 0.398. The van der Waals surface area contributed by atoms with Crippen LogP contribution >= 0.6 is 0 Å². The first kappa shape index (κ1) is 18.9. The molecule has 2 saturated carbocycles. The first-order chi connectivity index (χ1) is 13.4. The van der Waals surface area contributed by atoms with Gasteiger partial charge >= 0.3 is 0 Å². The second-order valence-electron chi connectivity index (χ2n) is 7.65. The molecule has 1 amide bonds. The minimum Gasteiger partial charge on any atom is -0.352 e. The Kier molecular flexibility index (Phi) is 5.10. The van der Waals surface area contributed by atoms with Crippen molar-refractivity contribution >= 4 is 21.6 Å². The van der Waals surface area contributed by atoms with Gasteiger partial charge in [0, 0.05) is 6.04 Å². The van der Waals surface area contributed by atoms with Gasteiger partial charge in [-0.2, -0.15) is 0 Å². The van der Waals surface area contributed by atoms with E-state index in [1.54, 1.807) is 30.3 Å². The summed E-state index contributed by atoms with van der Waals surface area (Å²) in [5.74, 6) is 0.364. The number of carbonyl (C=O) groups is 1. The fourth-order valence-corrected chi connectivity index (χ4v) is 5.87. The van der Waals surface area contributed by atoms with Gasteiger partial charge in [0.15, 0.2) is 0 Å². The van der Waals surface area contributed by atoms with E-state index in [2.05, 4.69) is 5.32 Å². The Morgan fingerprint density at radius 2 is 1.75 bits per heavy atom. The third-order valence-electron chi connectivity index (χ3n) is 5.82. The number of carbonyl (C=O) groups excluding carboxylic acids is 1. The van der Waals surface area contributed by atoms with Crippen molar-refractivity contribution in [3.05, 3.63) is 60.4 Å². The summed E-state index contributed by atoms with van der Waals surface area (Å²) < 4.78 is 40.7. The number of para-hydroxylation sites is 1. The Hall–Kier alpha value is -2.41. The number of sulfonamides is 1. The number of anilines is 1. The van der Waals surface area contributed by atoms with Crippen LogP contribution in [0.3, 0.4) is 0 Å². The minimum atomic E-state index is -4.00. The first-order valence-electron chi connectivity index (χ1n) is 9.56. The summed E-state index contributed by atoms with van der Waals surface area (Å²) in [6.45, 7) is -0.308. The van der Waals surface area contributed by atoms with E-state index < -0.39 is 15.8 Å². The van der Waals surface area contributed by atoms with Crippen LogP contribution in [0.4, 0.5) is 10.1 Å². The van der Waals surface area contributed by atoms with E-state index in [0.717, 1.165) is 35.7 Å². The highest BCUT2D eigenvalue weighted by Gasteiger charge is 2.40. The molecule has 2 fully saturated rings. The zero-order chi connectivity index (χ0) is 19.7. The Balaban J connectivity index is 1.57. The molecule has 2 bridgehead atoms. The van der Waals surface area contributed by atoms with E-state index in [0.29, 0.717) is 17.5 Å². The van der Waals surface area contributed by atoms with Crippen molar-refractivity contribution in [1.29, 1.82) is 0 Å². The van der Waals surface area contributed by atoms with Crippen LogP contribution in [0.15, 0.2) is 59.5 Å². The van der Waals surface area contributed by atoms with Crippen LogP contribution in [0.5, 0.6) is 0 Å². The predicted molar refractivity (Wildman–Crippen MR) is 105 cm³/mol. The Morgan fingerprint density at radius 3 is 2.36 bits per heavy atom. The molecule has 5 nitrogen and oxygen atoms in total. The van der Waals surface area contributed by atoms with Gasteiger partial charge in [0.1, 0.15) is 12.4 Å². The van der Waals surface area contributed by atoms with E-state index >= 15 is 0 Å². The zero-order valence-corrected chi connectivity index (χ0v) is 16.2. The average molecular weight is 402 g/mol. The molecule has 0 spiro atoms. The van der Waals surface area contributed by atoms with E-state index in [4.69, 9.17) is 0 Å². The Morgan fingerprint density at radius 1 is 1.04 bits per heavy atom. The lowest BCUT2D eigenvalue weighted by atomic mass is 9.95. The topological polar surface area (TPSA) is 66.5 Å². The smallest absolute Gasteiger partial charge is 0.264 e. The molecule has 2 aliphatic rings. The summed E-state index contributed by atoms with van der Waals surface area (Å²) in [6.07, 6.45) is 4.49. The highest BCUT2D eigenvalue weighted by molar-refractivity contribution is 7.92. The molecule has 0 heterocycles. The number of rotatable bonds is 6. The number of nitrogens with zero attached hydrogens (tertiary/aromatic N) is 1. The van der Waals surface area contributed by atoms with Gasteiger partial charge in [0.05, 0.1) is 10.6 Å². The molecule has 2 aromatic rings. The molecule has 0 aliphatic heterocycles. The van der Waals surface area contributed by atoms with Crippen LogP contribution < -0.4 is 9.62 Å². The fraction of sp³-hybridized carbons (Fsp3) is 0.381. The van der Waals surface area contributed by atoms with Crippen molar-refractivity contribution in [2.24, 2.45) is 11.8 Å². The lowest BCUT2D eigenvalue weighted by Gasteiger charge is -2.27. The van der Waals surface area contributed by atoms with Crippen molar-refractivity contribution < 1.29 is 17.6 Å². The van der Waals surface area contributed by atoms with Gasteiger partial charge in [-0.1, -0.05) is 24.6 Å². The minimum absolute atomic E-state index is 0.0505. The van der Waals surface area contributed by atoms with Crippen LogP contribution in [0.25, 0.3) is 0 Å². The van der Waals surface area contributed by atoms with Crippen LogP contribution in [-0.2, 0) is 14.8 Å². The molecular formula is C21H23FN2O3S. The Bertz CT molecular complexity index is 947. The third kappa shape index (κ3) is 3.76. The normalized spacial score (nSPS) is 23.5. The molecule has 2 aromatic carbocycles. The summed E-state index contributed by atoms with van der Waals surface area (Å²) in [4.78, 5) is 12.7. The van der Waals surface area contributed by atoms with Crippen molar-refractivity contribution in [2.75, 3.05) is 10.8 Å². The number of amides is 1. The van der Waals surface area contributed by atoms with Crippen molar-refractivity contribution in [1.82, 2.24) is 5.32 Å². The maximum absolute atomic E-state index is 13.2. The van der Waals surface area contributed by atoms with E-state index in [-0.39, 0.29) is 23.4 Å². The fourth-order valence-electron chi connectivity index (χ4n) is 4.45. The molecule has 7 heteroatoms. The molecule has 0 aromatic heterocycles. The number of hydrogen-bond acceptors (Lipinski definition) is 3. The molecule has 0 radical (unpaired) electrons. The number of hydrogen-bond donors (Lipinski definition) is 1. The number of benzene rings is 2. The third-order valence-corrected chi connectivity index (χ3v) is 7.61. The molecule has 1 N–H and O–H groups in total. The van der Waals surface area contributed by atoms with Crippen molar-refractivity contribution in [3.63, 3.8) is 0 Å². The molecule has 4 rings (SSSR count). The van der Waals surface area contributed by atoms with E-state index in [1.807, 2.05) is 0 Å². The van der Waals surface area contributed by atoms with Gasteiger partial charge < -0.3 is 5.32 Å². The van der Waals surface area contributed by atoms with Crippen molar-refractivity contribution in [3.8, 4) is 0 Å². The zero-order valence-electron chi connectivity index (χ0n) is 15.4. The molecule has 148 valence electrons. The highest BCUT2D eigenvalue weighted by Crippen LogP contribution is 2.44. The van der Waals surface area contributed by atoms with Crippen LogP contribution in [-0.4, -0.2) is 26.9 Å². The second-order valence-corrected chi connectivity index (χ2v) is 9.51. The van der Waals surface area contributed by atoms with Crippen molar-refractivity contribution in [2.45, 2.75) is 36.6 Å². The standard InChI is InChI=1S/C21H23FN2O3S/c22-17-8-10-19(11-9-17)28(26,27)24(18-4-2-1-3-5-18)14-21(25)23-20-13-15-6-7-16(20)12-15/h1-5,8-11,15-16,20H,6-7,12-14H2,(H,23,25)/t15-,16-,20+/m0/s1. The first-order valence-corrected chi connectivity index (χ1v) is 11.0. The maximum atomic E-state index is 13.2. The van der Waals surface area contributed by atoms with Gasteiger partial charge in [-0.05, 0) is 67.5 Å². The number of fused-ring (bicyclic) bond motifs is 2. The Labute approximate surface area is 164 Å². The van der Waals surface area contributed by atoms with Gasteiger partial charge in [0.2, 0.25) is 5.91 Å². The molecular weight excluding hydrogens is 379 g/mol. The van der Waals surface area contributed by atoms with Gasteiger partial charge in [-0.3, -0.25) is 9.10 Å². The van der Waals surface area contributed by atoms with Gasteiger partial charge in [-0.15, -0.1) is 0 Å². The van der Waals surface area contributed by atoms with Crippen LogP contribution in [0.1, 0.15) is 25.7 Å². The summed E-state index contributed by atoms with van der Waals surface area (Å²) in [7, 11) is -4.00. The highest BCUT2D eigenvalue weighted by atomic mass is 32.2. The number of halogens is 1. The summed E-state index contributed by atoms with van der Waals surface area (Å²) in [5, 5.41) is 3.04. The monoisotopic (exact) mass is 402 g/mol. The average Bonchev–Trinajstić information content (AvgIpc) is 3.30. The number of nitrogens with one attached hydrogen (secondary N) is 1. The molecule has 28 heavy (non-hydrogen) atoms. The maximum Gasteiger partial charge on any atom is 0.264 e. The largest absolute Gasteiger partial charge is 0.352 e. The van der Waals surface area contributed by atoms with Crippen LogP contribution in [0.2, 0.25) is 0 Å². The van der Waals surface area contributed by atoms with Crippen LogP contribution in [0, 0.1) is 17.7 Å². The molecule has 0 unspecified atom stereocenters. The molecule has 2 aliphatic carbocycles. The van der Waals surface area contributed by atoms with E-state index in [1.165, 1.54) is 18.6 Å². The summed E-state index contributed by atoms with van der Waals surface area (Å²) >= 11 is 0.